The highest BCUT2D eigenvalue weighted by molar-refractivity contribution is 7.80. The van der Waals surface area contributed by atoms with E-state index in [9.17, 15) is 14.9 Å². The monoisotopic (exact) mass is 451 g/mol. The number of fused-ring (bicyclic) bond motifs is 1. The van der Waals surface area contributed by atoms with Crippen molar-refractivity contribution in [3.8, 4) is 0 Å². The molecule has 0 aliphatic carbocycles. The van der Waals surface area contributed by atoms with Gasteiger partial charge in [0.15, 0.2) is 5.11 Å². The smallest absolute Gasteiger partial charge is 0.270 e. The zero-order valence-electron chi connectivity index (χ0n) is 17.3. The molecule has 0 spiro atoms. The number of hydrogen-bond donors (Lipinski definition) is 2. The topological polar surface area (TPSA) is 110 Å². The molecule has 1 aliphatic rings. The van der Waals surface area contributed by atoms with E-state index in [4.69, 9.17) is 17.0 Å². The quantitative estimate of drug-likeness (QED) is 0.353. The summed E-state index contributed by atoms with van der Waals surface area (Å²) >= 11 is 5.35. The number of thiocarbonyl (C=S) groups is 1. The van der Waals surface area contributed by atoms with Crippen LogP contribution in [0.3, 0.4) is 0 Å². The Balaban J connectivity index is 1.57. The van der Waals surface area contributed by atoms with E-state index < -0.39 is 10.8 Å². The molecule has 3 aromatic rings. The zero-order valence-corrected chi connectivity index (χ0v) is 18.1. The number of aromatic nitrogens is 1. The Bertz CT molecular complexity index is 1210. The summed E-state index contributed by atoms with van der Waals surface area (Å²) in [6, 6.07) is 13.7. The van der Waals surface area contributed by atoms with Gasteiger partial charge in [-0.05, 0) is 49.5 Å². The first kappa shape index (κ1) is 21.6. The van der Waals surface area contributed by atoms with Crippen LogP contribution in [0.2, 0.25) is 0 Å². The molecule has 32 heavy (non-hydrogen) atoms. The van der Waals surface area contributed by atoms with Gasteiger partial charge in [-0.15, -0.1) is 0 Å². The first-order valence-electron chi connectivity index (χ1n) is 10.0. The van der Waals surface area contributed by atoms with Crippen LogP contribution in [0.25, 0.3) is 10.9 Å². The molecule has 2 heterocycles. The van der Waals surface area contributed by atoms with Crippen molar-refractivity contribution in [2.24, 2.45) is 0 Å². The van der Waals surface area contributed by atoms with Gasteiger partial charge in [0.05, 0.1) is 34.9 Å². The fourth-order valence-electron chi connectivity index (χ4n) is 3.59. The Morgan fingerprint density at radius 3 is 2.72 bits per heavy atom. The maximum absolute atomic E-state index is 13.1. The maximum Gasteiger partial charge on any atom is 0.270 e. The lowest BCUT2D eigenvalue weighted by molar-refractivity contribution is -0.384. The van der Waals surface area contributed by atoms with Gasteiger partial charge in [-0.2, -0.15) is 0 Å². The second-order valence-corrected chi connectivity index (χ2v) is 7.70. The number of benzene rings is 2. The number of nitro benzene ring substituents is 1. The molecule has 4 rings (SSSR count). The number of ether oxygens (including phenoxy) is 1. The maximum atomic E-state index is 13.1. The van der Waals surface area contributed by atoms with Crippen LogP contribution < -0.4 is 15.5 Å². The number of amides is 1. The standard InChI is InChI=1S/C22H21N5O4S/c1-14-5-7-16-18(23-14)3-2-4-19(16)24-22(32)25-21(28)17-13-15(27(29)30)6-8-20(17)26-9-11-31-12-10-26/h2-8,13H,9-12H2,1H3,(H2,24,25,28,32). The molecule has 0 atom stereocenters. The van der Waals surface area contributed by atoms with E-state index >= 15 is 0 Å². The van der Waals surface area contributed by atoms with Gasteiger partial charge >= 0.3 is 0 Å². The molecule has 1 aromatic heterocycles. The lowest BCUT2D eigenvalue weighted by Gasteiger charge is -2.30. The van der Waals surface area contributed by atoms with Gasteiger partial charge in [-0.3, -0.25) is 25.2 Å². The number of pyridine rings is 1. The molecule has 1 fully saturated rings. The molecular weight excluding hydrogens is 430 g/mol. The minimum Gasteiger partial charge on any atom is -0.378 e. The lowest BCUT2D eigenvalue weighted by Crippen LogP contribution is -2.39. The van der Waals surface area contributed by atoms with E-state index in [0.717, 1.165) is 16.6 Å². The summed E-state index contributed by atoms with van der Waals surface area (Å²) < 4.78 is 5.37. The molecule has 0 bridgehead atoms. The van der Waals surface area contributed by atoms with Crippen LogP contribution >= 0.6 is 12.2 Å². The number of anilines is 2. The molecule has 0 radical (unpaired) electrons. The van der Waals surface area contributed by atoms with Crippen molar-refractivity contribution in [1.29, 1.82) is 0 Å². The summed E-state index contributed by atoms with van der Waals surface area (Å²) in [6.45, 7) is 4.13. The predicted molar refractivity (Wildman–Crippen MR) is 126 cm³/mol. The fraction of sp³-hybridized carbons (Fsp3) is 0.227. The number of nitro groups is 1. The van der Waals surface area contributed by atoms with E-state index in [-0.39, 0.29) is 16.4 Å². The summed E-state index contributed by atoms with van der Waals surface area (Å²) in [7, 11) is 0. The third kappa shape index (κ3) is 4.66. The molecular formula is C22H21N5O4S. The van der Waals surface area contributed by atoms with Crippen molar-refractivity contribution < 1.29 is 14.5 Å². The molecule has 9 nitrogen and oxygen atoms in total. The first-order chi connectivity index (χ1) is 15.4. The number of carbonyl (C=O) groups excluding carboxylic acids is 1. The molecule has 0 unspecified atom stereocenters. The number of non-ortho nitro benzene ring substituents is 1. The fourth-order valence-corrected chi connectivity index (χ4v) is 3.79. The normalized spacial score (nSPS) is 13.6. The number of nitrogens with zero attached hydrogens (tertiary/aromatic N) is 3. The Morgan fingerprint density at radius 1 is 1.19 bits per heavy atom. The van der Waals surface area contributed by atoms with E-state index in [1.807, 2.05) is 42.2 Å². The SMILES string of the molecule is Cc1ccc2c(NC(=S)NC(=O)c3cc([N+](=O)[O-])ccc3N3CCOCC3)cccc2n1. The molecule has 0 saturated carbocycles. The van der Waals surface area contributed by atoms with Gasteiger partial charge in [0.2, 0.25) is 0 Å². The first-order valence-corrected chi connectivity index (χ1v) is 10.4. The summed E-state index contributed by atoms with van der Waals surface area (Å²) in [5, 5.41) is 17.9. The number of hydrogen-bond acceptors (Lipinski definition) is 7. The van der Waals surface area contributed by atoms with Crippen molar-refractivity contribution in [3.63, 3.8) is 0 Å². The predicted octanol–water partition coefficient (Wildman–Crippen LogP) is 3.41. The van der Waals surface area contributed by atoms with E-state index in [0.29, 0.717) is 37.7 Å². The van der Waals surface area contributed by atoms with Crippen LogP contribution in [0.1, 0.15) is 16.1 Å². The van der Waals surface area contributed by atoms with Gasteiger partial charge in [0.25, 0.3) is 11.6 Å². The average molecular weight is 452 g/mol. The number of carbonyl (C=O) groups is 1. The van der Waals surface area contributed by atoms with Crippen LogP contribution in [0.4, 0.5) is 17.1 Å². The largest absolute Gasteiger partial charge is 0.378 e. The Labute approximate surface area is 189 Å². The molecule has 2 aromatic carbocycles. The Hall–Kier alpha value is -3.63. The highest BCUT2D eigenvalue weighted by Gasteiger charge is 2.22. The number of rotatable bonds is 4. The van der Waals surface area contributed by atoms with Crippen molar-refractivity contribution >= 4 is 51.2 Å². The zero-order chi connectivity index (χ0) is 22.7. The average Bonchev–Trinajstić information content (AvgIpc) is 2.79. The minimum absolute atomic E-state index is 0.0857. The Kier molecular flexibility index (Phi) is 6.24. The summed E-state index contributed by atoms with van der Waals surface area (Å²) in [6.07, 6.45) is 0. The van der Waals surface area contributed by atoms with Gasteiger partial charge in [-0.25, -0.2) is 0 Å². The van der Waals surface area contributed by atoms with E-state index in [1.54, 1.807) is 6.07 Å². The highest BCUT2D eigenvalue weighted by atomic mass is 32.1. The number of morpholine rings is 1. The van der Waals surface area contributed by atoms with E-state index in [2.05, 4.69) is 15.6 Å². The van der Waals surface area contributed by atoms with Crippen LogP contribution in [0, 0.1) is 17.0 Å². The molecule has 2 N–H and O–H groups in total. The summed E-state index contributed by atoms with van der Waals surface area (Å²) in [4.78, 5) is 30.3. The molecule has 1 amide bonds. The third-order valence-electron chi connectivity index (χ3n) is 5.13. The molecule has 1 saturated heterocycles. The van der Waals surface area contributed by atoms with E-state index in [1.165, 1.54) is 12.1 Å². The van der Waals surface area contributed by atoms with Crippen molar-refractivity contribution in [3.05, 3.63) is 69.9 Å². The van der Waals surface area contributed by atoms with Gasteiger partial charge < -0.3 is 15.0 Å². The second kappa shape index (κ2) is 9.25. The summed E-state index contributed by atoms with van der Waals surface area (Å²) in [5.41, 5.74) is 3.02. The van der Waals surface area contributed by atoms with Gasteiger partial charge in [0, 0.05) is 42.0 Å². The Morgan fingerprint density at radius 2 is 1.97 bits per heavy atom. The van der Waals surface area contributed by atoms with Crippen LogP contribution in [-0.4, -0.2) is 47.2 Å². The van der Waals surface area contributed by atoms with Crippen LogP contribution in [-0.2, 0) is 4.74 Å². The van der Waals surface area contributed by atoms with Gasteiger partial charge in [-0.1, -0.05) is 6.07 Å². The third-order valence-corrected chi connectivity index (χ3v) is 5.34. The second-order valence-electron chi connectivity index (χ2n) is 7.29. The molecule has 1 aliphatic heterocycles. The molecule has 164 valence electrons. The summed E-state index contributed by atoms with van der Waals surface area (Å²) in [5.74, 6) is -0.526. The highest BCUT2D eigenvalue weighted by Crippen LogP contribution is 2.27. The molecule has 10 heteroatoms. The van der Waals surface area contributed by atoms with Crippen molar-refractivity contribution in [2.45, 2.75) is 6.92 Å². The lowest BCUT2D eigenvalue weighted by atomic mass is 10.1. The van der Waals surface area contributed by atoms with Crippen LogP contribution in [0.15, 0.2) is 48.5 Å². The number of nitrogens with one attached hydrogen (secondary N) is 2. The number of aryl methyl sites for hydroxylation is 1. The van der Waals surface area contributed by atoms with Crippen LogP contribution in [0.5, 0.6) is 0 Å². The van der Waals surface area contributed by atoms with Crippen molar-refractivity contribution in [2.75, 3.05) is 36.5 Å². The minimum atomic E-state index is -0.526. The van der Waals surface area contributed by atoms with Crippen molar-refractivity contribution in [1.82, 2.24) is 10.3 Å². The van der Waals surface area contributed by atoms with Gasteiger partial charge in [0.1, 0.15) is 0 Å².